The van der Waals surface area contributed by atoms with E-state index in [1.165, 1.54) is 54.5 Å². The number of benzene rings is 3. The Labute approximate surface area is 213 Å². The summed E-state index contributed by atoms with van der Waals surface area (Å²) in [6, 6.07) is 28.3. The third-order valence-corrected chi connectivity index (χ3v) is 8.02. The minimum atomic E-state index is 0.746. The minimum absolute atomic E-state index is 0.746. The third-order valence-electron chi connectivity index (χ3n) is 7.69. The van der Waals surface area contributed by atoms with E-state index >= 15 is 0 Å². The molecule has 0 unspecified atom stereocenters. The van der Waals surface area contributed by atoms with Crippen LogP contribution in [0.15, 0.2) is 78.9 Å². The zero-order chi connectivity index (χ0) is 23.6. The Kier molecular flexibility index (Phi) is 6.37. The summed E-state index contributed by atoms with van der Waals surface area (Å²) in [4.78, 5) is 6.27. The molecule has 3 aromatic carbocycles. The van der Waals surface area contributed by atoms with Crippen molar-refractivity contribution >= 4 is 23.0 Å². The SMILES string of the molecule is Clc1ccc(Nc2cccc3c2CCN(C2CCCCC2)C3)cc1-c1ccc(-c2ccccc2)[nH]1. The molecule has 2 aliphatic rings. The number of aromatic amines is 1. The quantitative estimate of drug-likeness (QED) is 0.299. The van der Waals surface area contributed by atoms with E-state index < -0.39 is 0 Å². The van der Waals surface area contributed by atoms with Crippen LogP contribution < -0.4 is 5.32 Å². The predicted octanol–water partition coefficient (Wildman–Crippen LogP) is 8.44. The molecule has 0 spiro atoms. The van der Waals surface area contributed by atoms with Crippen LogP contribution >= 0.6 is 11.6 Å². The number of halogens is 1. The summed E-state index contributed by atoms with van der Waals surface area (Å²) in [6.07, 6.45) is 8.03. The van der Waals surface area contributed by atoms with Gasteiger partial charge in [-0.25, -0.2) is 0 Å². The van der Waals surface area contributed by atoms with Crippen molar-refractivity contribution in [3.8, 4) is 22.5 Å². The van der Waals surface area contributed by atoms with Crippen LogP contribution in [0.1, 0.15) is 43.2 Å². The minimum Gasteiger partial charge on any atom is -0.355 e. The van der Waals surface area contributed by atoms with Gasteiger partial charge in [0, 0.05) is 47.5 Å². The van der Waals surface area contributed by atoms with Gasteiger partial charge in [0.2, 0.25) is 0 Å². The van der Waals surface area contributed by atoms with Gasteiger partial charge in [0.15, 0.2) is 0 Å². The largest absolute Gasteiger partial charge is 0.355 e. The smallest absolute Gasteiger partial charge is 0.0500 e. The molecule has 178 valence electrons. The van der Waals surface area contributed by atoms with E-state index in [0.29, 0.717) is 0 Å². The van der Waals surface area contributed by atoms with Gasteiger partial charge in [-0.15, -0.1) is 0 Å². The topological polar surface area (TPSA) is 31.1 Å². The maximum absolute atomic E-state index is 6.64. The second-order valence-corrected chi connectivity index (χ2v) is 10.3. The summed E-state index contributed by atoms with van der Waals surface area (Å²) in [5.41, 5.74) is 9.50. The van der Waals surface area contributed by atoms with Crippen LogP contribution in [-0.2, 0) is 13.0 Å². The molecule has 1 aliphatic heterocycles. The van der Waals surface area contributed by atoms with Gasteiger partial charge in [-0.2, -0.15) is 0 Å². The Bertz CT molecular complexity index is 1300. The van der Waals surface area contributed by atoms with E-state index in [-0.39, 0.29) is 0 Å². The molecule has 4 heteroatoms. The van der Waals surface area contributed by atoms with Crippen molar-refractivity contribution in [2.24, 2.45) is 0 Å². The fourth-order valence-corrected chi connectivity index (χ4v) is 6.03. The number of rotatable bonds is 5. The Morgan fingerprint density at radius 3 is 2.51 bits per heavy atom. The standard InChI is InChI=1S/C31H32ClN3/c32-28-15-14-24(20-27(28)31-17-16-29(34-31)22-8-3-1-4-9-22)33-30-13-7-10-23-21-35(19-18-26(23)30)25-11-5-2-6-12-25/h1,3-4,7-10,13-17,20,25,33-34H,2,5-6,11-12,18-19,21H2. The summed E-state index contributed by atoms with van der Waals surface area (Å²) in [5.74, 6) is 0. The fourth-order valence-electron chi connectivity index (χ4n) is 5.81. The number of nitrogens with zero attached hydrogens (tertiary/aromatic N) is 1. The molecule has 0 atom stereocenters. The number of hydrogen-bond acceptors (Lipinski definition) is 2. The van der Waals surface area contributed by atoms with Crippen molar-refractivity contribution in [2.75, 3.05) is 11.9 Å². The van der Waals surface area contributed by atoms with Crippen LogP contribution in [0.4, 0.5) is 11.4 Å². The number of nitrogens with one attached hydrogen (secondary N) is 2. The molecule has 35 heavy (non-hydrogen) atoms. The first-order valence-corrected chi connectivity index (χ1v) is 13.3. The lowest BCUT2D eigenvalue weighted by Crippen LogP contribution is -2.40. The lowest BCUT2D eigenvalue weighted by atomic mass is 9.90. The lowest BCUT2D eigenvalue weighted by Gasteiger charge is -2.38. The Morgan fingerprint density at radius 1 is 0.829 bits per heavy atom. The van der Waals surface area contributed by atoms with Gasteiger partial charge in [-0.3, -0.25) is 4.90 Å². The number of fused-ring (bicyclic) bond motifs is 1. The van der Waals surface area contributed by atoms with Gasteiger partial charge < -0.3 is 10.3 Å². The molecule has 4 aromatic rings. The van der Waals surface area contributed by atoms with E-state index in [2.05, 4.69) is 81.9 Å². The van der Waals surface area contributed by atoms with Crippen molar-refractivity contribution in [3.63, 3.8) is 0 Å². The molecule has 0 saturated heterocycles. The molecule has 1 aromatic heterocycles. The monoisotopic (exact) mass is 481 g/mol. The zero-order valence-electron chi connectivity index (χ0n) is 20.1. The first-order chi connectivity index (χ1) is 17.2. The van der Waals surface area contributed by atoms with Gasteiger partial charge in [0.1, 0.15) is 0 Å². The van der Waals surface area contributed by atoms with Gasteiger partial charge in [0.05, 0.1) is 5.02 Å². The van der Waals surface area contributed by atoms with E-state index in [4.69, 9.17) is 11.6 Å². The molecule has 0 amide bonds. The maximum atomic E-state index is 6.64. The average Bonchev–Trinajstić information content (AvgIpc) is 3.41. The molecule has 1 fully saturated rings. The van der Waals surface area contributed by atoms with Crippen LogP contribution in [0.2, 0.25) is 5.02 Å². The highest BCUT2D eigenvalue weighted by atomic mass is 35.5. The summed E-state index contributed by atoms with van der Waals surface area (Å²) in [5, 5.41) is 4.46. The number of hydrogen-bond donors (Lipinski definition) is 2. The third kappa shape index (κ3) is 4.76. The second kappa shape index (κ2) is 9.93. The molecular formula is C31H32ClN3. The highest BCUT2D eigenvalue weighted by Gasteiger charge is 2.26. The molecule has 0 radical (unpaired) electrons. The van der Waals surface area contributed by atoms with E-state index in [1.807, 2.05) is 12.1 Å². The summed E-state index contributed by atoms with van der Waals surface area (Å²) in [6.45, 7) is 2.24. The highest BCUT2D eigenvalue weighted by molar-refractivity contribution is 6.33. The van der Waals surface area contributed by atoms with E-state index in [9.17, 15) is 0 Å². The zero-order valence-corrected chi connectivity index (χ0v) is 20.8. The number of aromatic nitrogens is 1. The van der Waals surface area contributed by atoms with Gasteiger partial charge in [0.25, 0.3) is 0 Å². The van der Waals surface area contributed by atoms with Crippen LogP contribution in [0, 0.1) is 0 Å². The highest BCUT2D eigenvalue weighted by Crippen LogP contribution is 2.35. The molecule has 2 heterocycles. The molecular weight excluding hydrogens is 450 g/mol. The summed E-state index contributed by atoms with van der Waals surface area (Å²) in [7, 11) is 0. The molecule has 1 aliphatic carbocycles. The number of H-pyrrole nitrogens is 1. The normalized spacial score (nSPS) is 16.7. The summed E-state index contributed by atoms with van der Waals surface area (Å²) < 4.78 is 0. The van der Waals surface area contributed by atoms with Crippen molar-refractivity contribution in [2.45, 2.75) is 51.1 Å². The van der Waals surface area contributed by atoms with E-state index in [1.54, 1.807) is 0 Å². The van der Waals surface area contributed by atoms with Crippen LogP contribution in [0.3, 0.4) is 0 Å². The molecule has 1 saturated carbocycles. The molecule has 0 bridgehead atoms. The average molecular weight is 482 g/mol. The Morgan fingerprint density at radius 2 is 1.66 bits per heavy atom. The van der Waals surface area contributed by atoms with Crippen molar-refractivity contribution < 1.29 is 0 Å². The second-order valence-electron chi connectivity index (χ2n) is 9.93. The van der Waals surface area contributed by atoms with E-state index in [0.717, 1.165) is 53.2 Å². The van der Waals surface area contributed by atoms with Crippen LogP contribution in [0.25, 0.3) is 22.5 Å². The van der Waals surface area contributed by atoms with Crippen molar-refractivity contribution in [1.82, 2.24) is 9.88 Å². The maximum Gasteiger partial charge on any atom is 0.0500 e. The number of anilines is 2. The first-order valence-electron chi connectivity index (χ1n) is 12.9. The first kappa shape index (κ1) is 22.5. The Hall–Kier alpha value is -3.01. The Balaban J connectivity index is 1.23. The van der Waals surface area contributed by atoms with Crippen molar-refractivity contribution in [1.29, 1.82) is 0 Å². The van der Waals surface area contributed by atoms with Crippen LogP contribution in [0.5, 0.6) is 0 Å². The summed E-state index contributed by atoms with van der Waals surface area (Å²) >= 11 is 6.64. The van der Waals surface area contributed by atoms with Gasteiger partial charge in [-0.05, 0) is 72.4 Å². The molecule has 6 rings (SSSR count). The predicted molar refractivity (Wildman–Crippen MR) is 147 cm³/mol. The molecule has 2 N–H and O–H groups in total. The molecule has 3 nitrogen and oxygen atoms in total. The fraction of sp³-hybridized carbons (Fsp3) is 0.290. The lowest BCUT2D eigenvalue weighted by molar-refractivity contribution is 0.141. The van der Waals surface area contributed by atoms with Gasteiger partial charge in [-0.1, -0.05) is 73.3 Å². The van der Waals surface area contributed by atoms with Crippen LogP contribution in [-0.4, -0.2) is 22.5 Å². The van der Waals surface area contributed by atoms with Crippen molar-refractivity contribution in [3.05, 3.63) is 95.0 Å². The van der Waals surface area contributed by atoms with Gasteiger partial charge >= 0.3 is 0 Å².